The van der Waals surface area contributed by atoms with E-state index in [1.165, 1.54) is 12.1 Å². The molecule has 0 radical (unpaired) electrons. The molecule has 1 atom stereocenters. The number of rotatable bonds is 10. The van der Waals surface area contributed by atoms with Gasteiger partial charge in [0.15, 0.2) is 0 Å². The summed E-state index contributed by atoms with van der Waals surface area (Å²) in [6.45, 7) is 6.14. The van der Waals surface area contributed by atoms with Crippen LogP contribution in [0.5, 0.6) is 11.6 Å². The van der Waals surface area contributed by atoms with Crippen molar-refractivity contribution in [1.29, 1.82) is 0 Å². The quantitative estimate of drug-likeness (QED) is 0.418. The second-order valence-electron chi connectivity index (χ2n) is 8.64. The summed E-state index contributed by atoms with van der Waals surface area (Å²) in [5.74, 6) is 0.455. The summed E-state index contributed by atoms with van der Waals surface area (Å²) in [6.07, 6.45) is 3.42. The lowest BCUT2D eigenvalue weighted by molar-refractivity contribution is 0.0793. The van der Waals surface area contributed by atoms with Crippen molar-refractivity contribution in [1.82, 2.24) is 20.0 Å². The van der Waals surface area contributed by atoms with Crippen LogP contribution in [0, 0.1) is 5.82 Å². The number of hydrogen-bond acceptors (Lipinski definition) is 4. The van der Waals surface area contributed by atoms with Crippen LogP contribution in [0.25, 0.3) is 5.69 Å². The van der Waals surface area contributed by atoms with Crippen molar-refractivity contribution in [2.75, 3.05) is 19.7 Å². The van der Waals surface area contributed by atoms with Gasteiger partial charge in [0.05, 0.1) is 29.6 Å². The van der Waals surface area contributed by atoms with E-state index < -0.39 is 0 Å². The van der Waals surface area contributed by atoms with E-state index in [2.05, 4.69) is 5.32 Å². The van der Waals surface area contributed by atoms with Gasteiger partial charge in [-0.3, -0.25) is 0 Å². The molecule has 0 aliphatic carbocycles. The van der Waals surface area contributed by atoms with Crippen molar-refractivity contribution >= 4 is 6.03 Å². The average molecular weight is 481 g/mol. The first-order valence-electron chi connectivity index (χ1n) is 12.3. The van der Waals surface area contributed by atoms with Gasteiger partial charge < -0.3 is 19.7 Å². The van der Waals surface area contributed by atoms with Crippen molar-refractivity contribution in [3.05, 3.63) is 71.7 Å². The Morgan fingerprint density at radius 1 is 1.23 bits per heavy atom. The zero-order chi connectivity index (χ0) is 24.6. The smallest absolute Gasteiger partial charge is 0.317 e. The van der Waals surface area contributed by atoms with Crippen LogP contribution in [-0.4, -0.2) is 46.5 Å². The Labute approximate surface area is 205 Å². The number of carbonyl (C=O) groups excluding carboxylic acids is 1. The lowest BCUT2D eigenvalue weighted by atomic mass is 10.1. The van der Waals surface area contributed by atoms with E-state index in [0.29, 0.717) is 37.7 Å². The molecule has 3 aromatic rings. The van der Waals surface area contributed by atoms with Gasteiger partial charge in [0.25, 0.3) is 0 Å². The number of ether oxygens (including phenoxy) is 2. The molecule has 186 valence electrons. The Bertz CT molecular complexity index is 1110. The summed E-state index contributed by atoms with van der Waals surface area (Å²) in [7, 11) is 0. The number of urea groups is 1. The van der Waals surface area contributed by atoms with Crippen LogP contribution in [0.1, 0.15) is 44.4 Å². The monoisotopic (exact) mass is 480 g/mol. The maximum absolute atomic E-state index is 13.9. The molecule has 1 aliphatic rings. The van der Waals surface area contributed by atoms with E-state index in [1.54, 1.807) is 21.7 Å². The summed E-state index contributed by atoms with van der Waals surface area (Å²) in [5, 5.41) is 7.83. The molecular weight excluding hydrogens is 447 g/mol. The molecule has 1 fully saturated rings. The predicted octanol–water partition coefficient (Wildman–Crippen LogP) is 5.47. The number of amides is 2. The van der Waals surface area contributed by atoms with Gasteiger partial charge in [-0.15, -0.1) is 0 Å². The van der Waals surface area contributed by atoms with Crippen molar-refractivity contribution in [3.8, 4) is 17.3 Å². The average Bonchev–Trinajstić information content (AvgIpc) is 3.51. The molecule has 0 spiro atoms. The topological polar surface area (TPSA) is 68.6 Å². The first kappa shape index (κ1) is 24.7. The molecule has 2 heterocycles. The Hall–Kier alpha value is -3.39. The molecule has 1 saturated heterocycles. The normalized spacial score (nSPS) is 15.2. The molecular formula is C27H33FN4O3. The minimum Gasteiger partial charge on any atom is -0.438 e. The molecule has 4 rings (SSSR count). The number of nitrogens with one attached hydrogen (secondary N) is 1. The van der Waals surface area contributed by atoms with Gasteiger partial charge >= 0.3 is 6.03 Å². The number of hydrogen-bond donors (Lipinski definition) is 1. The molecule has 1 aliphatic heterocycles. The number of aromatic nitrogens is 2. The highest BCUT2D eigenvalue weighted by molar-refractivity contribution is 5.74. The number of aryl methyl sites for hydroxylation is 1. The minimum absolute atomic E-state index is 0.00390. The number of nitrogens with zero attached hydrogens (tertiary/aromatic N) is 3. The van der Waals surface area contributed by atoms with Crippen LogP contribution in [0.4, 0.5) is 9.18 Å². The zero-order valence-corrected chi connectivity index (χ0v) is 20.4. The van der Waals surface area contributed by atoms with Crippen LogP contribution in [0.2, 0.25) is 0 Å². The lowest BCUT2D eigenvalue weighted by Gasteiger charge is -2.26. The fraction of sp³-hybridized carbons (Fsp3) is 0.407. The van der Waals surface area contributed by atoms with Gasteiger partial charge in [-0.1, -0.05) is 38.1 Å². The number of benzene rings is 2. The third-order valence-electron chi connectivity index (χ3n) is 5.98. The van der Waals surface area contributed by atoms with Gasteiger partial charge in [-0.05, 0) is 49.9 Å². The lowest BCUT2D eigenvalue weighted by Crippen LogP contribution is -2.43. The zero-order valence-electron chi connectivity index (χ0n) is 20.4. The van der Waals surface area contributed by atoms with E-state index in [1.807, 2.05) is 44.2 Å². The largest absolute Gasteiger partial charge is 0.438 e. The van der Waals surface area contributed by atoms with Crippen LogP contribution in [-0.2, 0) is 17.7 Å². The highest BCUT2D eigenvalue weighted by Gasteiger charge is 2.27. The van der Waals surface area contributed by atoms with Crippen molar-refractivity contribution in [2.45, 2.75) is 52.2 Å². The molecule has 0 bridgehead atoms. The fourth-order valence-electron chi connectivity index (χ4n) is 4.20. The summed E-state index contributed by atoms with van der Waals surface area (Å²) in [5.41, 5.74) is 2.44. The first-order valence-corrected chi connectivity index (χ1v) is 12.3. The van der Waals surface area contributed by atoms with Gasteiger partial charge in [-0.2, -0.15) is 5.10 Å². The highest BCUT2D eigenvalue weighted by Crippen LogP contribution is 2.33. The van der Waals surface area contributed by atoms with Crippen molar-refractivity contribution < 1.29 is 18.7 Å². The van der Waals surface area contributed by atoms with E-state index in [4.69, 9.17) is 14.6 Å². The molecule has 1 N–H and O–H groups in total. The van der Waals surface area contributed by atoms with E-state index in [9.17, 15) is 9.18 Å². The SMILES string of the molecule is CCCNC(=O)N(Cc1c(CC)nn(-c2ccccc2)c1Oc1cccc(F)c1)CC1CCCO1. The van der Waals surface area contributed by atoms with Crippen LogP contribution in [0.15, 0.2) is 54.6 Å². The third-order valence-corrected chi connectivity index (χ3v) is 5.98. The summed E-state index contributed by atoms with van der Waals surface area (Å²) >= 11 is 0. The van der Waals surface area contributed by atoms with Crippen molar-refractivity contribution in [2.24, 2.45) is 0 Å². The molecule has 8 heteroatoms. The minimum atomic E-state index is -0.385. The second kappa shape index (κ2) is 11.8. The van der Waals surface area contributed by atoms with Crippen LogP contribution >= 0.6 is 0 Å². The van der Waals surface area contributed by atoms with Crippen LogP contribution in [0.3, 0.4) is 0 Å². The number of halogens is 1. The molecule has 1 unspecified atom stereocenters. The van der Waals surface area contributed by atoms with Gasteiger partial charge in [0.2, 0.25) is 5.88 Å². The molecule has 35 heavy (non-hydrogen) atoms. The molecule has 0 saturated carbocycles. The van der Waals surface area contributed by atoms with Crippen molar-refractivity contribution in [3.63, 3.8) is 0 Å². The molecule has 2 aromatic carbocycles. The maximum atomic E-state index is 13.9. The molecule has 7 nitrogen and oxygen atoms in total. The number of para-hydroxylation sites is 1. The second-order valence-corrected chi connectivity index (χ2v) is 8.64. The summed E-state index contributed by atoms with van der Waals surface area (Å²) in [4.78, 5) is 14.9. The fourth-order valence-corrected chi connectivity index (χ4v) is 4.20. The Morgan fingerprint density at radius 3 is 2.74 bits per heavy atom. The highest BCUT2D eigenvalue weighted by atomic mass is 19.1. The van der Waals surface area contributed by atoms with E-state index >= 15 is 0 Å². The van der Waals surface area contributed by atoms with E-state index in [-0.39, 0.29) is 18.0 Å². The Morgan fingerprint density at radius 2 is 2.06 bits per heavy atom. The maximum Gasteiger partial charge on any atom is 0.317 e. The predicted molar refractivity (Wildman–Crippen MR) is 132 cm³/mol. The van der Waals surface area contributed by atoms with Gasteiger partial charge in [-0.25, -0.2) is 13.9 Å². The van der Waals surface area contributed by atoms with Gasteiger partial charge in [0, 0.05) is 25.8 Å². The summed E-state index contributed by atoms with van der Waals surface area (Å²) in [6, 6.07) is 15.6. The number of carbonyl (C=O) groups is 1. The standard InChI is InChI=1S/C27H33FN4O3/c1-3-15-29-27(33)31(18-23-14-9-16-34-23)19-24-25(4-2)30-32(21-11-6-5-7-12-21)26(24)35-22-13-8-10-20(28)17-22/h5-8,10-13,17,23H,3-4,9,14-16,18-19H2,1-2H3,(H,29,33). The third kappa shape index (κ3) is 6.19. The molecule has 2 amide bonds. The molecule has 1 aromatic heterocycles. The Balaban J connectivity index is 1.74. The van der Waals surface area contributed by atoms with Crippen LogP contribution < -0.4 is 10.1 Å². The summed E-state index contributed by atoms with van der Waals surface area (Å²) < 4.78 is 27.8. The van der Waals surface area contributed by atoms with Gasteiger partial charge in [0.1, 0.15) is 11.6 Å². The van der Waals surface area contributed by atoms with E-state index in [0.717, 1.165) is 42.8 Å². The first-order chi connectivity index (χ1) is 17.1. The Kier molecular flexibility index (Phi) is 8.36.